The molecule has 0 amide bonds. The molecule has 2 aromatic rings. The minimum atomic E-state index is -0.554. The summed E-state index contributed by atoms with van der Waals surface area (Å²) in [6.45, 7) is 11.3. The second-order valence-corrected chi connectivity index (χ2v) is 7.95. The van der Waals surface area contributed by atoms with Crippen LogP contribution >= 0.6 is 11.8 Å². The van der Waals surface area contributed by atoms with E-state index in [9.17, 15) is 9.59 Å². The summed E-state index contributed by atoms with van der Waals surface area (Å²) in [7, 11) is 0. The molecule has 0 aliphatic carbocycles. The Labute approximate surface area is 170 Å². The van der Waals surface area contributed by atoms with Gasteiger partial charge in [-0.15, -0.1) is 0 Å². The van der Waals surface area contributed by atoms with Gasteiger partial charge in [0, 0.05) is 29.7 Å². The normalized spacial score (nSPS) is 11.1. The molecule has 0 fully saturated rings. The van der Waals surface area contributed by atoms with Crippen LogP contribution in [0.5, 0.6) is 0 Å². The summed E-state index contributed by atoms with van der Waals surface area (Å²) in [6, 6.07) is 1.94. The first-order valence-corrected chi connectivity index (χ1v) is 10.4. The van der Waals surface area contributed by atoms with Crippen molar-refractivity contribution in [2.45, 2.75) is 52.7 Å². The van der Waals surface area contributed by atoms with Gasteiger partial charge in [0.1, 0.15) is 11.4 Å². The molecular weight excluding hydrogens is 376 g/mol. The number of nitrogens with two attached hydrogens (primary N) is 1. The summed E-state index contributed by atoms with van der Waals surface area (Å²) in [5.74, 6) is 0.325. The zero-order chi connectivity index (χ0) is 20.8. The predicted octanol–water partition coefficient (Wildman–Crippen LogP) is 3.67. The molecule has 2 N–H and O–H groups in total. The number of anilines is 1. The summed E-state index contributed by atoms with van der Waals surface area (Å²) in [6.07, 6.45) is 2.41. The van der Waals surface area contributed by atoms with Crippen LogP contribution in [0, 0.1) is 19.8 Å². The van der Waals surface area contributed by atoms with E-state index in [2.05, 4.69) is 28.4 Å². The summed E-state index contributed by atoms with van der Waals surface area (Å²) >= 11 is 1.20. The number of nitrogen functional groups attached to an aromatic ring is 1. The zero-order valence-electron chi connectivity index (χ0n) is 17.1. The molecule has 0 bridgehead atoms. The van der Waals surface area contributed by atoms with Gasteiger partial charge in [0.05, 0.1) is 12.4 Å². The van der Waals surface area contributed by atoms with Crippen LogP contribution < -0.4 is 5.73 Å². The summed E-state index contributed by atoms with van der Waals surface area (Å²) in [5.41, 5.74) is 8.76. The number of rotatable bonds is 9. The summed E-state index contributed by atoms with van der Waals surface area (Å²) in [4.78, 5) is 32.7. The molecule has 2 heterocycles. The number of Topliss-reactive ketones (excluding diaryl/α,β-unsaturated/α-hetero) is 1. The first-order chi connectivity index (χ1) is 13.2. The van der Waals surface area contributed by atoms with E-state index >= 15 is 0 Å². The third-order valence-corrected chi connectivity index (χ3v) is 5.29. The third-order valence-electron chi connectivity index (χ3n) is 4.43. The van der Waals surface area contributed by atoms with Gasteiger partial charge in [0.15, 0.2) is 10.9 Å². The molecule has 0 saturated heterocycles. The molecule has 0 saturated carbocycles. The predicted molar refractivity (Wildman–Crippen MR) is 111 cm³/mol. The second-order valence-electron chi connectivity index (χ2n) is 7.00. The highest BCUT2D eigenvalue weighted by atomic mass is 32.2. The Bertz CT molecular complexity index is 861. The van der Waals surface area contributed by atoms with Gasteiger partial charge in [-0.25, -0.2) is 14.8 Å². The van der Waals surface area contributed by atoms with Gasteiger partial charge in [-0.3, -0.25) is 4.79 Å². The minimum Gasteiger partial charge on any atom is -0.462 e. The van der Waals surface area contributed by atoms with Gasteiger partial charge in [-0.2, -0.15) is 0 Å². The second kappa shape index (κ2) is 9.73. The lowest BCUT2D eigenvalue weighted by Gasteiger charge is -2.11. The van der Waals surface area contributed by atoms with Crippen molar-refractivity contribution < 1.29 is 14.3 Å². The third kappa shape index (κ3) is 5.34. The molecule has 0 atom stereocenters. The average molecular weight is 405 g/mol. The lowest BCUT2D eigenvalue weighted by molar-refractivity contribution is 0.0526. The van der Waals surface area contributed by atoms with Crippen molar-refractivity contribution in [1.82, 2.24) is 14.5 Å². The number of aromatic nitrogens is 3. The molecule has 0 spiro atoms. The number of thioether (sulfide) groups is 1. The van der Waals surface area contributed by atoms with Gasteiger partial charge >= 0.3 is 5.97 Å². The molecule has 2 aromatic heterocycles. The monoisotopic (exact) mass is 404 g/mol. The number of aryl methyl sites for hydroxylation is 1. The number of hydrogen-bond donors (Lipinski definition) is 1. The van der Waals surface area contributed by atoms with E-state index in [1.807, 2.05) is 19.9 Å². The van der Waals surface area contributed by atoms with Crippen molar-refractivity contribution in [3.63, 3.8) is 0 Å². The molecule has 28 heavy (non-hydrogen) atoms. The van der Waals surface area contributed by atoms with Crippen molar-refractivity contribution in [3.8, 4) is 0 Å². The molecular formula is C20H28N4O3S. The number of carbonyl (C=O) groups excluding carboxylic acids is 2. The highest BCUT2D eigenvalue weighted by molar-refractivity contribution is 7.99. The zero-order valence-corrected chi connectivity index (χ0v) is 17.9. The van der Waals surface area contributed by atoms with Crippen molar-refractivity contribution >= 4 is 29.3 Å². The Morgan fingerprint density at radius 1 is 1.29 bits per heavy atom. The molecule has 2 rings (SSSR count). The lowest BCUT2D eigenvalue weighted by Crippen LogP contribution is -2.11. The van der Waals surface area contributed by atoms with Crippen LogP contribution in [-0.4, -0.2) is 38.6 Å². The summed E-state index contributed by atoms with van der Waals surface area (Å²) < 4.78 is 7.10. The van der Waals surface area contributed by atoms with Gasteiger partial charge in [0.2, 0.25) is 0 Å². The van der Waals surface area contributed by atoms with Gasteiger partial charge in [-0.05, 0) is 39.2 Å². The largest absolute Gasteiger partial charge is 0.462 e. The van der Waals surface area contributed by atoms with Crippen LogP contribution in [0.1, 0.15) is 59.3 Å². The minimum absolute atomic E-state index is 0.0190. The van der Waals surface area contributed by atoms with Gasteiger partial charge < -0.3 is 15.0 Å². The number of nitrogens with zero attached hydrogens (tertiary/aromatic N) is 3. The van der Waals surface area contributed by atoms with Gasteiger partial charge in [-0.1, -0.05) is 25.6 Å². The quantitative estimate of drug-likeness (QED) is 0.294. The van der Waals surface area contributed by atoms with Crippen LogP contribution in [0.3, 0.4) is 0 Å². The van der Waals surface area contributed by atoms with E-state index in [1.54, 1.807) is 6.92 Å². The fourth-order valence-electron chi connectivity index (χ4n) is 2.84. The van der Waals surface area contributed by atoms with Crippen LogP contribution in [-0.2, 0) is 11.3 Å². The Morgan fingerprint density at radius 2 is 2.00 bits per heavy atom. The molecule has 0 aliphatic heterocycles. The van der Waals surface area contributed by atoms with E-state index in [0.29, 0.717) is 11.1 Å². The van der Waals surface area contributed by atoms with E-state index in [4.69, 9.17) is 10.5 Å². The summed E-state index contributed by atoms with van der Waals surface area (Å²) in [5, 5.41) is 0.354. The van der Waals surface area contributed by atoms with Crippen LogP contribution in [0.15, 0.2) is 17.4 Å². The van der Waals surface area contributed by atoms with Crippen molar-refractivity contribution in [3.05, 3.63) is 34.8 Å². The standard InChI is InChI=1S/C20H28N4O3S/c1-6-27-19(26)16-10-22-20(23-18(16)21)28-11-17(25)15-9-13(4)24(14(15)5)8-7-12(2)3/h9-10,12H,6-8,11H2,1-5H3,(H2,21,22,23). The van der Waals surface area contributed by atoms with Crippen molar-refractivity contribution in [2.24, 2.45) is 5.92 Å². The van der Waals surface area contributed by atoms with Gasteiger partial charge in [0.25, 0.3) is 0 Å². The fraction of sp³-hybridized carbons (Fsp3) is 0.500. The Balaban J connectivity index is 2.05. The van der Waals surface area contributed by atoms with Crippen LogP contribution in [0.4, 0.5) is 5.82 Å². The number of esters is 1. The van der Waals surface area contributed by atoms with E-state index in [1.165, 1.54) is 18.0 Å². The van der Waals surface area contributed by atoms with Crippen molar-refractivity contribution in [1.29, 1.82) is 0 Å². The van der Waals surface area contributed by atoms with Crippen LogP contribution in [0.2, 0.25) is 0 Å². The maximum atomic E-state index is 12.7. The van der Waals surface area contributed by atoms with Crippen LogP contribution in [0.25, 0.3) is 0 Å². The maximum Gasteiger partial charge on any atom is 0.343 e. The number of carbonyl (C=O) groups is 2. The molecule has 152 valence electrons. The first kappa shape index (κ1) is 21.9. The van der Waals surface area contributed by atoms with E-state index in [-0.39, 0.29) is 29.5 Å². The molecule has 0 unspecified atom stereocenters. The average Bonchev–Trinajstić information content (AvgIpc) is 2.92. The highest BCUT2D eigenvalue weighted by Crippen LogP contribution is 2.22. The lowest BCUT2D eigenvalue weighted by atomic mass is 10.1. The Hall–Kier alpha value is -2.35. The molecule has 8 heteroatoms. The maximum absolute atomic E-state index is 12.7. The number of ether oxygens (including phenoxy) is 1. The molecule has 0 aliphatic rings. The number of hydrogen-bond acceptors (Lipinski definition) is 7. The fourth-order valence-corrected chi connectivity index (χ4v) is 3.54. The van der Waals surface area contributed by atoms with Crippen molar-refractivity contribution in [2.75, 3.05) is 18.1 Å². The topological polar surface area (TPSA) is 100 Å². The van der Waals surface area contributed by atoms with E-state index < -0.39 is 5.97 Å². The Morgan fingerprint density at radius 3 is 2.61 bits per heavy atom. The molecule has 0 aromatic carbocycles. The smallest absolute Gasteiger partial charge is 0.343 e. The first-order valence-electron chi connectivity index (χ1n) is 9.36. The highest BCUT2D eigenvalue weighted by Gasteiger charge is 2.18. The Kier molecular flexibility index (Phi) is 7.62. The SMILES string of the molecule is CCOC(=O)c1cnc(SCC(=O)c2cc(C)n(CCC(C)C)c2C)nc1N. The van der Waals surface area contributed by atoms with E-state index in [0.717, 1.165) is 29.9 Å². The molecule has 7 nitrogen and oxygen atoms in total. The molecule has 0 radical (unpaired) electrons. The number of ketones is 1.